The van der Waals surface area contributed by atoms with Crippen LogP contribution in [0.4, 0.5) is 0 Å². The number of carbonyl (C=O) groups is 1. The molecule has 1 aromatic heterocycles. The number of benzene rings is 1. The van der Waals surface area contributed by atoms with E-state index >= 15 is 0 Å². The van der Waals surface area contributed by atoms with Crippen LogP contribution in [0.15, 0.2) is 28.9 Å². The summed E-state index contributed by atoms with van der Waals surface area (Å²) in [5.41, 5.74) is 2.53. The Hall–Kier alpha value is -2.43. The highest BCUT2D eigenvalue weighted by molar-refractivity contribution is 5.96. The molecule has 22 heavy (non-hydrogen) atoms. The summed E-state index contributed by atoms with van der Waals surface area (Å²) in [5, 5.41) is 2.91. The van der Waals surface area contributed by atoms with Crippen molar-refractivity contribution in [3.63, 3.8) is 0 Å². The molecule has 0 fully saturated rings. The van der Waals surface area contributed by atoms with Gasteiger partial charge in [0, 0.05) is 12.1 Å². The first-order valence-electron chi connectivity index (χ1n) is 7.10. The molecule has 2 aromatic rings. The minimum atomic E-state index is -0.107. The molecule has 118 valence electrons. The molecule has 1 amide bonds. The van der Waals surface area contributed by atoms with E-state index in [2.05, 4.69) is 5.32 Å². The van der Waals surface area contributed by atoms with Gasteiger partial charge in [-0.3, -0.25) is 4.79 Å². The van der Waals surface area contributed by atoms with Gasteiger partial charge in [-0.05, 0) is 38.0 Å². The first-order valence-corrected chi connectivity index (χ1v) is 7.10. The molecule has 0 aliphatic carbocycles. The Labute approximate surface area is 130 Å². The second-order valence-corrected chi connectivity index (χ2v) is 5.05. The lowest BCUT2D eigenvalue weighted by Gasteiger charge is -2.10. The first-order chi connectivity index (χ1) is 10.6. The van der Waals surface area contributed by atoms with Crippen molar-refractivity contribution < 1.29 is 18.7 Å². The van der Waals surface area contributed by atoms with E-state index in [4.69, 9.17) is 13.9 Å². The monoisotopic (exact) mass is 303 g/mol. The van der Waals surface area contributed by atoms with Crippen molar-refractivity contribution in [1.29, 1.82) is 0 Å². The van der Waals surface area contributed by atoms with Crippen LogP contribution in [-0.4, -0.2) is 26.7 Å². The Balaban J connectivity index is 1.95. The summed E-state index contributed by atoms with van der Waals surface area (Å²) in [6.07, 6.45) is 2.31. The van der Waals surface area contributed by atoms with Crippen molar-refractivity contribution in [2.24, 2.45) is 0 Å². The maximum Gasteiger partial charge on any atom is 0.255 e. The predicted octanol–water partition coefficient (Wildman–Crippen LogP) is 2.89. The van der Waals surface area contributed by atoms with Crippen molar-refractivity contribution in [2.75, 3.05) is 20.8 Å². The molecule has 0 aliphatic heterocycles. The van der Waals surface area contributed by atoms with E-state index in [-0.39, 0.29) is 5.91 Å². The van der Waals surface area contributed by atoms with Gasteiger partial charge in [-0.25, -0.2) is 0 Å². The lowest BCUT2D eigenvalue weighted by atomic mass is 10.1. The number of methoxy groups -OCH3 is 2. The van der Waals surface area contributed by atoms with Crippen LogP contribution in [0, 0.1) is 13.8 Å². The minimum absolute atomic E-state index is 0.107. The van der Waals surface area contributed by atoms with E-state index in [1.165, 1.54) is 0 Å². The number of hydrogen-bond donors (Lipinski definition) is 1. The molecule has 0 aliphatic rings. The fraction of sp³-hybridized carbons (Fsp3) is 0.353. The van der Waals surface area contributed by atoms with Crippen molar-refractivity contribution in [3.05, 3.63) is 46.9 Å². The lowest BCUT2D eigenvalue weighted by Crippen LogP contribution is -2.26. The van der Waals surface area contributed by atoms with Crippen molar-refractivity contribution in [2.45, 2.75) is 20.3 Å². The van der Waals surface area contributed by atoms with Gasteiger partial charge in [0.2, 0.25) is 0 Å². The van der Waals surface area contributed by atoms with Gasteiger partial charge in [0.05, 0.1) is 26.0 Å². The third-order valence-corrected chi connectivity index (χ3v) is 3.53. The van der Waals surface area contributed by atoms with Gasteiger partial charge in [0.15, 0.2) is 11.5 Å². The third kappa shape index (κ3) is 3.42. The standard InChI is InChI=1S/C17H21NO4/c1-11-10-22-12(2)16(11)17(19)18-8-7-13-5-6-14(20-3)15(9-13)21-4/h5-6,9-10H,7-8H2,1-4H3,(H,18,19). The fourth-order valence-electron chi connectivity index (χ4n) is 2.36. The minimum Gasteiger partial charge on any atom is -0.493 e. The summed E-state index contributed by atoms with van der Waals surface area (Å²) >= 11 is 0. The Morgan fingerprint density at radius 3 is 2.50 bits per heavy atom. The van der Waals surface area contributed by atoms with E-state index in [1.807, 2.05) is 25.1 Å². The number of ether oxygens (including phenoxy) is 2. The van der Waals surface area contributed by atoms with Crippen LogP contribution >= 0.6 is 0 Å². The highest BCUT2D eigenvalue weighted by Gasteiger charge is 2.15. The number of rotatable bonds is 6. The largest absolute Gasteiger partial charge is 0.493 e. The van der Waals surface area contributed by atoms with Gasteiger partial charge >= 0.3 is 0 Å². The van der Waals surface area contributed by atoms with Gasteiger partial charge in [0.1, 0.15) is 5.76 Å². The summed E-state index contributed by atoms with van der Waals surface area (Å²) in [6, 6.07) is 5.74. The zero-order valence-corrected chi connectivity index (χ0v) is 13.4. The second-order valence-electron chi connectivity index (χ2n) is 5.05. The molecular formula is C17H21NO4. The molecule has 1 heterocycles. The number of furan rings is 1. The average molecular weight is 303 g/mol. The van der Waals surface area contributed by atoms with Crippen molar-refractivity contribution in [3.8, 4) is 11.5 Å². The normalized spacial score (nSPS) is 10.4. The molecule has 0 saturated heterocycles. The van der Waals surface area contributed by atoms with Gasteiger partial charge in [0.25, 0.3) is 5.91 Å². The van der Waals surface area contributed by atoms with Crippen LogP contribution in [0.3, 0.4) is 0 Å². The van der Waals surface area contributed by atoms with E-state index in [0.717, 1.165) is 11.1 Å². The lowest BCUT2D eigenvalue weighted by molar-refractivity contribution is 0.0952. The number of aryl methyl sites for hydroxylation is 2. The molecular weight excluding hydrogens is 282 g/mol. The second kappa shape index (κ2) is 7.02. The van der Waals surface area contributed by atoms with Crippen LogP contribution in [0.1, 0.15) is 27.2 Å². The topological polar surface area (TPSA) is 60.7 Å². The quantitative estimate of drug-likeness (QED) is 0.891. The molecule has 0 bridgehead atoms. The van der Waals surface area contributed by atoms with Crippen LogP contribution in [-0.2, 0) is 6.42 Å². The Kier molecular flexibility index (Phi) is 5.09. The SMILES string of the molecule is COc1ccc(CCNC(=O)c2c(C)coc2C)cc1OC. The third-order valence-electron chi connectivity index (χ3n) is 3.53. The summed E-state index contributed by atoms with van der Waals surface area (Å²) < 4.78 is 15.7. The highest BCUT2D eigenvalue weighted by atomic mass is 16.5. The number of hydrogen-bond acceptors (Lipinski definition) is 4. The van der Waals surface area contributed by atoms with Gasteiger partial charge in [-0.2, -0.15) is 0 Å². The average Bonchev–Trinajstić information content (AvgIpc) is 2.86. The zero-order valence-electron chi connectivity index (χ0n) is 13.4. The van der Waals surface area contributed by atoms with E-state index in [1.54, 1.807) is 27.4 Å². The Morgan fingerprint density at radius 2 is 1.91 bits per heavy atom. The maximum atomic E-state index is 12.1. The van der Waals surface area contributed by atoms with Crippen LogP contribution in [0.2, 0.25) is 0 Å². The molecule has 0 atom stereocenters. The van der Waals surface area contributed by atoms with Gasteiger partial charge in [-0.1, -0.05) is 6.07 Å². The molecule has 0 unspecified atom stereocenters. The van der Waals surface area contributed by atoms with Gasteiger partial charge < -0.3 is 19.2 Å². The zero-order chi connectivity index (χ0) is 16.1. The molecule has 0 radical (unpaired) electrons. The van der Waals surface area contributed by atoms with Crippen LogP contribution in [0.5, 0.6) is 11.5 Å². The molecule has 0 spiro atoms. The molecule has 1 N–H and O–H groups in total. The summed E-state index contributed by atoms with van der Waals surface area (Å²) in [5.74, 6) is 1.91. The van der Waals surface area contributed by atoms with E-state index in [0.29, 0.717) is 35.8 Å². The van der Waals surface area contributed by atoms with Crippen LogP contribution in [0.25, 0.3) is 0 Å². The van der Waals surface area contributed by atoms with Crippen molar-refractivity contribution in [1.82, 2.24) is 5.32 Å². The first kappa shape index (κ1) is 15.9. The summed E-state index contributed by atoms with van der Waals surface area (Å²) in [4.78, 5) is 12.1. The smallest absolute Gasteiger partial charge is 0.255 e. The number of amides is 1. The number of nitrogens with one attached hydrogen (secondary N) is 1. The number of carbonyl (C=O) groups excluding carboxylic acids is 1. The van der Waals surface area contributed by atoms with Crippen molar-refractivity contribution >= 4 is 5.91 Å². The fourth-order valence-corrected chi connectivity index (χ4v) is 2.36. The maximum absolute atomic E-state index is 12.1. The Bertz CT molecular complexity index is 641. The highest BCUT2D eigenvalue weighted by Crippen LogP contribution is 2.27. The molecule has 0 saturated carbocycles. The predicted molar refractivity (Wildman–Crippen MR) is 83.8 cm³/mol. The Morgan fingerprint density at radius 1 is 1.18 bits per heavy atom. The van der Waals surface area contributed by atoms with E-state index in [9.17, 15) is 4.79 Å². The molecule has 1 aromatic carbocycles. The van der Waals surface area contributed by atoms with Crippen LogP contribution < -0.4 is 14.8 Å². The molecule has 5 heteroatoms. The summed E-state index contributed by atoms with van der Waals surface area (Å²) in [7, 11) is 3.21. The molecule has 5 nitrogen and oxygen atoms in total. The molecule has 2 rings (SSSR count). The summed E-state index contributed by atoms with van der Waals surface area (Å²) in [6.45, 7) is 4.19. The van der Waals surface area contributed by atoms with Gasteiger partial charge in [-0.15, -0.1) is 0 Å². The van der Waals surface area contributed by atoms with E-state index < -0.39 is 0 Å².